The molecule has 3 rings (SSSR count). The molecule has 1 aliphatic heterocycles. The molecule has 0 saturated carbocycles. The molecule has 0 aliphatic carbocycles. The van der Waals surface area contributed by atoms with Crippen molar-refractivity contribution in [2.24, 2.45) is 0 Å². The Labute approximate surface area is 140 Å². The van der Waals surface area contributed by atoms with Gasteiger partial charge in [0, 0.05) is 13.0 Å². The highest BCUT2D eigenvalue weighted by Crippen LogP contribution is 2.30. The molecule has 0 saturated heterocycles. The van der Waals surface area contributed by atoms with E-state index in [1.807, 2.05) is 18.2 Å². The van der Waals surface area contributed by atoms with Gasteiger partial charge in [-0.1, -0.05) is 18.2 Å². The number of rotatable bonds is 5. The second-order valence-corrected chi connectivity index (χ2v) is 5.74. The van der Waals surface area contributed by atoms with Gasteiger partial charge in [-0.25, -0.2) is 4.39 Å². The minimum Gasteiger partial charge on any atom is -0.490 e. The third-order valence-corrected chi connectivity index (χ3v) is 3.80. The first-order chi connectivity index (χ1) is 11.7. The molecule has 0 aromatic heterocycles. The molecule has 0 fully saturated rings. The molecule has 4 nitrogen and oxygen atoms in total. The molecule has 1 aliphatic rings. The average molecular weight is 329 g/mol. The van der Waals surface area contributed by atoms with E-state index in [0.717, 1.165) is 23.5 Å². The molecule has 0 unspecified atom stereocenters. The molecular formula is C19H20FNO3. The van der Waals surface area contributed by atoms with Crippen LogP contribution in [0.5, 0.6) is 11.5 Å². The lowest BCUT2D eigenvalue weighted by Gasteiger charge is -2.10. The maximum atomic E-state index is 13.1. The standard InChI is InChI=1S/C19H20FNO3/c20-16-4-1-3-15(11-16)13-19(22)21-8-7-14-5-6-17-18(12-14)24-10-2-9-23-17/h1,3-6,11-12H,2,7-10,13H2,(H,21,22). The van der Waals surface area contributed by atoms with Gasteiger partial charge in [0.15, 0.2) is 11.5 Å². The molecule has 0 atom stereocenters. The predicted octanol–water partition coefficient (Wildman–Crippen LogP) is 2.89. The van der Waals surface area contributed by atoms with E-state index < -0.39 is 0 Å². The largest absolute Gasteiger partial charge is 0.490 e. The van der Waals surface area contributed by atoms with Crippen LogP contribution >= 0.6 is 0 Å². The van der Waals surface area contributed by atoms with Crippen molar-refractivity contribution in [1.29, 1.82) is 0 Å². The number of fused-ring (bicyclic) bond motifs is 1. The Morgan fingerprint density at radius 3 is 2.71 bits per heavy atom. The van der Waals surface area contributed by atoms with E-state index in [4.69, 9.17) is 9.47 Å². The fourth-order valence-corrected chi connectivity index (χ4v) is 2.60. The van der Waals surface area contributed by atoms with E-state index in [1.165, 1.54) is 12.1 Å². The third kappa shape index (κ3) is 4.47. The molecule has 2 aromatic rings. The number of carbonyl (C=O) groups is 1. The summed E-state index contributed by atoms with van der Waals surface area (Å²) in [4.78, 5) is 11.9. The van der Waals surface area contributed by atoms with Crippen molar-refractivity contribution < 1.29 is 18.7 Å². The average Bonchev–Trinajstić information content (AvgIpc) is 2.79. The first-order valence-corrected chi connectivity index (χ1v) is 8.10. The minimum atomic E-state index is -0.326. The van der Waals surface area contributed by atoms with Crippen LogP contribution in [0.1, 0.15) is 17.5 Å². The van der Waals surface area contributed by atoms with Crippen molar-refractivity contribution in [2.75, 3.05) is 19.8 Å². The van der Waals surface area contributed by atoms with Gasteiger partial charge in [0.05, 0.1) is 19.6 Å². The fourth-order valence-electron chi connectivity index (χ4n) is 2.60. The molecule has 0 bridgehead atoms. The van der Waals surface area contributed by atoms with Crippen molar-refractivity contribution in [3.05, 3.63) is 59.4 Å². The number of carbonyl (C=O) groups excluding carboxylic acids is 1. The van der Waals surface area contributed by atoms with Gasteiger partial charge < -0.3 is 14.8 Å². The lowest BCUT2D eigenvalue weighted by atomic mass is 10.1. The van der Waals surface area contributed by atoms with E-state index in [1.54, 1.807) is 12.1 Å². The molecular weight excluding hydrogens is 309 g/mol. The summed E-state index contributed by atoms with van der Waals surface area (Å²) in [5, 5.41) is 2.86. The summed E-state index contributed by atoms with van der Waals surface area (Å²) < 4.78 is 24.4. The topological polar surface area (TPSA) is 47.6 Å². The van der Waals surface area contributed by atoms with Gasteiger partial charge in [-0.2, -0.15) is 0 Å². The highest BCUT2D eigenvalue weighted by atomic mass is 19.1. The maximum absolute atomic E-state index is 13.1. The second kappa shape index (κ2) is 7.81. The van der Waals surface area contributed by atoms with Crippen LogP contribution in [0.15, 0.2) is 42.5 Å². The molecule has 1 amide bonds. The van der Waals surface area contributed by atoms with Crippen molar-refractivity contribution in [3.8, 4) is 11.5 Å². The molecule has 0 radical (unpaired) electrons. The van der Waals surface area contributed by atoms with E-state index in [0.29, 0.717) is 31.7 Å². The summed E-state index contributed by atoms with van der Waals surface area (Å²) in [6.45, 7) is 1.84. The zero-order valence-corrected chi connectivity index (χ0v) is 13.4. The number of amides is 1. The van der Waals surface area contributed by atoms with Gasteiger partial charge in [0.2, 0.25) is 5.91 Å². The Kier molecular flexibility index (Phi) is 5.31. The molecule has 0 spiro atoms. The smallest absolute Gasteiger partial charge is 0.224 e. The first kappa shape index (κ1) is 16.3. The lowest BCUT2D eigenvalue weighted by molar-refractivity contribution is -0.120. The lowest BCUT2D eigenvalue weighted by Crippen LogP contribution is -2.27. The normalized spacial score (nSPS) is 13.2. The highest BCUT2D eigenvalue weighted by Gasteiger charge is 2.11. The Bertz CT molecular complexity index is 718. The molecule has 126 valence electrons. The number of hydrogen-bond donors (Lipinski definition) is 1. The molecule has 1 heterocycles. The van der Waals surface area contributed by atoms with Gasteiger partial charge in [-0.05, 0) is 41.8 Å². The Hall–Kier alpha value is -2.56. The van der Waals surface area contributed by atoms with Crippen molar-refractivity contribution >= 4 is 5.91 Å². The molecule has 24 heavy (non-hydrogen) atoms. The molecule has 1 N–H and O–H groups in total. The predicted molar refractivity (Wildman–Crippen MR) is 88.9 cm³/mol. The summed E-state index contributed by atoms with van der Waals surface area (Å²) in [6, 6.07) is 11.9. The Morgan fingerprint density at radius 1 is 1.04 bits per heavy atom. The number of nitrogens with one attached hydrogen (secondary N) is 1. The summed E-state index contributed by atoms with van der Waals surface area (Å²) in [5.74, 6) is 1.09. The molecule has 2 aromatic carbocycles. The van der Waals surface area contributed by atoms with Crippen molar-refractivity contribution in [2.45, 2.75) is 19.3 Å². The van der Waals surface area contributed by atoms with Gasteiger partial charge >= 0.3 is 0 Å². The highest BCUT2D eigenvalue weighted by molar-refractivity contribution is 5.78. The first-order valence-electron chi connectivity index (χ1n) is 8.10. The van der Waals surface area contributed by atoms with Crippen LogP contribution in [0.2, 0.25) is 0 Å². The van der Waals surface area contributed by atoms with E-state index in [2.05, 4.69) is 5.32 Å². The van der Waals surface area contributed by atoms with Gasteiger partial charge in [-0.15, -0.1) is 0 Å². The SMILES string of the molecule is O=C(Cc1cccc(F)c1)NCCc1ccc2c(c1)OCCCO2. The van der Waals surface area contributed by atoms with E-state index in [9.17, 15) is 9.18 Å². The van der Waals surface area contributed by atoms with Crippen LogP contribution in [0.4, 0.5) is 4.39 Å². The van der Waals surface area contributed by atoms with Crippen molar-refractivity contribution in [3.63, 3.8) is 0 Å². The van der Waals surface area contributed by atoms with Crippen LogP contribution in [0.3, 0.4) is 0 Å². The van der Waals surface area contributed by atoms with Gasteiger partial charge in [-0.3, -0.25) is 4.79 Å². The van der Waals surface area contributed by atoms with Crippen LogP contribution in [-0.2, 0) is 17.6 Å². The number of hydrogen-bond acceptors (Lipinski definition) is 3. The van der Waals surface area contributed by atoms with E-state index >= 15 is 0 Å². The van der Waals surface area contributed by atoms with Gasteiger partial charge in [0.1, 0.15) is 5.82 Å². The summed E-state index contributed by atoms with van der Waals surface area (Å²) in [7, 11) is 0. The van der Waals surface area contributed by atoms with Crippen molar-refractivity contribution in [1.82, 2.24) is 5.32 Å². The van der Waals surface area contributed by atoms with Crippen LogP contribution in [0.25, 0.3) is 0 Å². The monoisotopic (exact) mass is 329 g/mol. The minimum absolute atomic E-state index is 0.116. The van der Waals surface area contributed by atoms with E-state index in [-0.39, 0.29) is 18.1 Å². The zero-order chi connectivity index (χ0) is 16.8. The number of ether oxygens (including phenoxy) is 2. The second-order valence-electron chi connectivity index (χ2n) is 5.74. The van der Waals surface area contributed by atoms with Crippen LogP contribution in [-0.4, -0.2) is 25.7 Å². The Balaban J connectivity index is 1.49. The van der Waals surface area contributed by atoms with Crippen LogP contribution < -0.4 is 14.8 Å². The quantitative estimate of drug-likeness (QED) is 0.917. The number of halogens is 1. The number of benzene rings is 2. The van der Waals surface area contributed by atoms with Gasteiger partial charge in [0.25, 0.3) is 0 Å². The fraction of sp³-hybridized carbons (Fsp3) is 0.316. The maximum Gasteiger partial charge on any atom is 0.224 e. The summed E-state index contributed by atoms with van der Waals surface area (Å²) >= 11 is 0. The summed E-state index contributed by atoms with van der Waals surface area (Å²) in [6.07, 6.45) is 1.75. The zero-order valence-electron chi connectivity index (χ0n) is 13.4. The Morgan fingerprint density at radius 2 is 1.88 bits per heavy atom. The van der Waals surface area contributed by atoms with Crippen LogP contribution in [0, 0.1) is 5.82 Å². The third-order valence-electron chi connectivity index (χ3n) is 3.80. The molecule has 5 heteroatoms. The summed E-state index contributed by atoms with van der Waals surface area (Å²) in [5.41, 5.74) is 1.74.